The highest BCUT2D eigenvalue weighted by Crippen LogP contribution is 2.32. The largest absolute Gasteiger partial charge is 0.454 e. The molecule has 2 aliphatic rings. The molecule has 0 saturated carbocycles. The average molecular weight is 435 g/mol. The second-order valence-electron chi connectivity index (χ2n) is 6.87. The van der Waals surface area contributed by atoms with E-state index in [0.717, 1.165) is 23.3 Å². The molecule has 0 radical (unpaired) electrons. The molecule has 0 atom stereocenters. The topological polar surface area (TPSA) is 84.9 Å². The standard InChI is InChI=1S/C20H22N2O5S2/c1-28-19-7-5-15(11-16(19)20(23)22-8-2-3-9-22)29(24,25)21-12-14-4-6-17-18(10-14)27-13-26-17/h4-7,10-11,21H,2-3,8-9,12-13H2,1H3. The third-order valence-corrected chi connectivity index (χ3v) is 7.20. The van der Waals surface area contributed by atoms with Gasteiger partial charge in [0.25, 0.3) is 5.91 Å². The minimum absolute atomic E-state index is 0.0820. The molecule has 1 saturated heterocycles. The number of nitrogens with zero attached hydrogens (tertiary/aromatic N) is 1. The van der Waals surface area contributed by atoms with E-state index in [1.54, 1.807) is 29.2 Å². The first kappa shape index (κ1) is 20.1. The van der Waals surface area contributed by atoms with Crippen molar-refractivity contribution < 1.29 is 22.7 Å². The number of benzene rings is 2. The van der Waals surface area contributed by atoms with Crippen LogP contribution in [0.3, 0.4) is 0 Å². The number of carbonyl (C=O) groups is 1. The quantitative estimate of drug-likeness (QED) is 0.704. The Hall–Kier alpha value is -2.23. The molecule has 9 heteroatoms. The van der Waals surface area contributed by atoms with Gasteiger partial charge in [0, 0.05) is 24.5 Å². The van der Waals surface area contributed by atoms with Crippen molar-refractivity contribution in [2.24, 2.45) is 0 Å². The zero-order valence-electron chi connectivity index (χ0n) is 16.0. The summed E-state index contributed by atoms with van der Waals surface area (Å²) < 4.78 is 38.9. The van der Waals surface area contributed by atoms with Gasteiger partial charge in [-0.05, 0) is 55.0 Å². The number of amides is 1. The third-order valence-electron chi connectivity index (χ3n) is 5.01. The number of hydrogen-bond donors (Lipinski definition) is 1. The first-order valence-electron chi connectivity index (χ1n) is 9.33. The molecule has 2 aromatic rings. The fraction of sp³-hybridized carbons (Fsp3) is 0.350. The number of likely N-dealkylation sites (tertiary alicyclic amines) is 1. The van der Waals surface area contributed by atoms with E-state index in [-0.39, 0.29) is 24.1 Å². The van der Waals surface area contributed by atoms with Gasteiger partial charge in [-0.15, -0.1) is 11.8 Å². The SMILES string of the molecule is CSc1ccc(S(=O)(=O)NCc2ccc3c(c2)OCO3)cc1C(=O)N1CCCC1. The molecule has 0 unspecified atom stereocenters. The van der Waals surface area contributed by atoms with Crippen molar-refractivity contribution >= 4 is 27.7 Å². The molecule has 7 nitrogen and oxygen atoms in total. The van der Waals surface area contributed by atoms with Crippen LogP contribution in [0, 0.1) is 0 Å². The minimum atomic E-state index is -3.78. The van der Waals surface area contributed by atoms with E-state index >= 15 is 0 Å². The zero-order chi connectivity index (χ0) is 20.4. The van der Waals surface area contributed by atoms with Gasteiger partial charge in [-0.1, -0.05) is 6.07 Å². The van der Waals surface area contributed by atoms with E-state index in [2.05, 4.69) is 4.72 Å². The molecule has 2 heterocycles. The molecule has 0 bridgehead atoms. The molecule has 2 aromatic carbocycles. The summed E-state index contributed by atoms with van der Waals surface area (Å²) >= 11 is 1.43. The van der Waals surface area contributed by atoms with Crippen molar-refractivity contribution in [1.82, 2.24) is 9.62 Å². The third kappa shape index (κ3) is 4.22. The maximum absolute atomic E-state index is 12.9. The van der Waals surface area contributed by atoms with Gasteiger partial charge in [-0.2, -0.15) is 0 Å². The number of ether oxygens (including phenoxy) is 2. The molecule has 1 amide bonds. The van der Waals surface area contributed by atoms with Crippen molar-refractivity contribution in [3.63, 3.8) is 0 Å². The van der Waals surface area contributed by atoms with E-state index < -0.39 is 10.0 Å². The Bertz CT molecular complexity index is 1030. The maximum atomic E-state index is 12.9. The summed E-state index contributed by atoms with van der Waals surface area (Å²) in [6.45, 7) is 1.71. The molecule has 2 aliphatic heterocycles. The van der Waals surface area contributed by atoms with E-state index in [1.165, 1.54) is 23.9 Å². The zero-order valence-corrected chi connectivity index (χ0v) is 17.6. The average Bonchev–Trinajstić information content (AvgIpc) is 3.42. The molecule has 0 spiro atoms. The summed E-state index contributed by atoms with van der Waals surface area (Å²) in [5.41, 5.74) is 1.19. The maximum Gasteiger partial charge on any atom is 0.255 e. The van der Waals surface area contributed by atoms with Crippen LogP contribution in [0.5, 0.6) is 11.5 Å². The highest BCUT2D eigenvalue weighted by Gasteiger charge is 2.24. The number of nitrogens with one attached hydrogen (secondary N) is 1. The Morgan fingerprint density at radius 3 is 2.62 bits per heavy atom. The van der Waals surface area contributed by atoms with Gasteiger partial charge >= 0.3 is 0 Å². The van der Waals surface area contributed by atoms with Crippen LogP contribution in [0.25, 0.3) is 0 Å². The van der Waals surface area contributed by atoms with Crippen LogP contribution in [0.15, 0.2) is 46.2 Å². The van der Waals surface area contributed by atoms with Crippen molar-refractivity contribution in [3.05, 3.63) is 47.5 Å². The highest BCUT2D eigenvalue weighted by atomic mass is 32.2. The lowest BCUT2D eigenvalue weighted by atomic mass is 10.2. The Morgan fingerprint density at radius 2 is 1.86 bits per heavy atom. The van der Waals surface area contributed by atoms with Crippen LogP contribution in [0.2, 0.25) is 0 Å². The fourth-order valence-corrected chi connectivity index (χ4v) is 5.04. The minimum Gasteiger partial charge on any atom is -0.454 e. The summed E-state index contributed by atoms with van der Waals surface area (Å²) in [7, 11) is -3.78. The van der Waals surface area contributed by atoms with Crippen LogP contribution in [-0.4, -0.2) is 45.4 Å². The van der Waals surface area contributed by atoms with E-state index in [4.69, 9.17) is 9.47 Å². The smallest absolute Gasteiger partial charge is 0.255 e. The van der Waals surface area contributed by atoms with E-state index in [9.17, 15) is 13.2 Å². The number of fused-ring (bicyclic) bond motifs is 1. The van der Waals surface area contributed by atoms with Gasteiger partial charge in [0.2, 0.25) is 16.8 Å². The van der Waals surface area contributed by atoms with Gasteiger partial charge in [0.1, 0.15) is 0 Å². The lowest BCUT2D eigenvalue weighted by molar-refractivity contribution is 0.0789. The molecule has 0 aliphatic carbocycles. The number of thioether (sulfide) groups is 1. The summed E-state index contributed by atoms with van der Waals surface area (Å²) in [5.74, 6) is 1.14. The first-order chi connectivity index (χ1) is 14.0. The molecule has 1 N–H and O–H groups in total. The second-order valence-corrected chi connectivity index (χ2v) is 9.49. The van der Waals surface area contributed by atoms with Crippen LogP contribution < -0.4 is 14.2 Å². The second kappa shape index (κ2) is 8.25. The molecular formula is C20H22N2O5S2. The fourth-order valence-electron chi connectivity index (χ4n) is 3.42. The number of carbonyl (C=O) groups excluding carboxylic acids is 1. The summed E-state index contributed by atoms with van der Waals surface area (Å²) in [6, 6.07) is 10.0. The van der Waals surface area contributed by atoms with E-state index in [0.29, 0.717) is 30.2 Å². The number of hydrogen-bond acceptors (Lipinski definition) is 6. The molecule has 4 rings (SSSR count). The Labute approximate surface area is 174 Å². The van der Waals surface area contributed by atoms with Crippen LogP contribution in [0.1, 0.15) is 28.8 Å². The van der Waals surface area contributed by atoms with Crippen LogP contribution >= 0.6 is 11.8 Å². The first-order valence-corrected chi connectivity index (χ1v) is 12.0. The summed E-state index contributed by atoms with van der Waals surface area (Å²) in [4.78, 5) is 15.5. The molecule has 154 valence electrons. The lowest BCUT2D eigenvalue weighted by Gasteiger charge is -2.18. The van der Waals surface area contributed by atoms with Crippen molar-refractivity contribution in [3.8, 4) is 11.5 Å². The van der Waals surface area contributed by atoms with E-state index in [1.807, 2.05) is 6.26 Å². The van der Waals surface area contributed by atoms with Gasteiger partial charge in [0.05, 0.1) is 10.5 Å². The molecule has 0 aromatic heterocycles. The number of sulfonamides is 1. The van der Waals surface area contributed by atoms with Gasteiger partial charge in [-0.3, -0.25) is 4.79 Å². The molecule has 29 heavy (non-hydrogen) atoms. The van der Waals surface area contributed by atoms with Crippen molar-refractivity contribution in [2.45, 2.75) is 29.2 Å². The summed E-state index contributed by atoms with van der Waals surface area (Å²) in [5, 5.41) is 0. The Kier molecular flexibility index (Phi) is 5.71. The Balaban J connectivity index is 1.54. The van der Waals surface area contributed by atoms with Crippen molar-refractivity contribution in [1.29, 1.82) is 0 Å². The predicted octanol–water partition coefficient (Wildman–Crippen LogP) is 2.85. The monoisotopic (exact) mass is 434 g/mol. The molecule has 1 fully saturated rings. The predicted molar refractivity (Wildman–Crippen MR) is 110 cm³/mol. The Morgan fingerprint density at radius 1 is 1.10 bits per heavy atom. The van der Waals surface area contributed by atoms with Crippen molar-refractivity contribution in [2.75, 3.05) is 26.1 Å². The van der Waals surface area contributed by atoms with Crippen LogP contribution in [0.4, 0.5) is 0 Å². The lowest BCUT2D eigenvalue weighted by Crippen LogP contribution is -2.29. The van der Waals surface area contributed by atoms with Crippen LogP contribution in [-0.2, 0) is 16.6 Å². The molecular weight excluding hydrogens is 412 g/mol. The normalized spacial score (nSPS) is 15.7. The van der Waals surface area contributed by atoms with Gasteiger partial charge in [0.15, 0.2) is 11.5 Å². The van der Waals surface area contributed by atoms with Gasteiger partial charge < -0.3 is 14.4 Å². The highest BCUT2D eigenvalue weighted by molar-refractivity contribution is 7.98. The van der Waals surface area contributed by atoms with Gasteiger partial charge in [-0.25, -0.2) is 13.1 Å². The summed E-state index contributed by atoms with van der Waals surface area (Å²) in [6.07, 6.45) is 3.84. The number of rotatable bonds is 6.